The highest BCUT2D eigenvalue weighted by Crippen LogP contribution is 2.36. The highest BCUT2D eigenvalue weighted by atomic mass is 32.1. The summed E-state index contributed by atoms with van der Waals surface area (Å²) in [7, 11) is 0. The second-order valence-electron chi connectivity index (χ2n) is 5.94. The monoisotopic (exact) mass is 313 g/mol. The lowest BCUT2D eigenvalue weighted by Crippen LogP contribution is -2.32. The minimum Gasteiger partial charge on any atom is -0.360 e. The van der Waals surface area contributed by atoms with Gasteiger partial charge < -0.3 is 4.52 Å². The predicted molar refractivity (Wildman–Crippen MR) is 87.9 cm³/mol. The Balaban J connectivity index is 1.62. The van der Waals surface area contributed by atoms with E-state index >= 15 is 0 Å². The number of benzene rings is 1. The van der Waals surface area contributed by atoms with Crippen LogP contribution in [0, 0.1) is 6.92 Å². The standard InChI is InChI=1S/C17H19N3OS/c1-12-10-13(21-19-12)11-20-9-5-4-7-15(20)17-18-14-6-2-3-8-16(14)22-17/h2-3,6,8,10,15H,4-5,7,9,11H2,1H3/t15-/m0/s1. The molecule has 0 saturated carbocycles. The third-order valence-electron chi connectivity index (χ3n) is 4.24. The molecule has 1 aromatic carbocycles. The van der Waals surface area contributed by atoms with Gasteiger partial charge in [-0.2, -0.15) is 0 Å². The molecular weight excluding hydrogens is 294 g/mol. The number of fused-ring (bicyclic) bond motifs is 1. The molecule has 1 fully saturated rings. The van der Waals surface area contributed by atoms with Gasteiger partial charge in [0, 0.05) is 6.07 Å². The minimum absolute atomic E-state index is 0.400. The summed E-state index contributed by atoms with van der Waals surface area (Å²) in [5, 5.41) is 5.23. The van der Waals surface area contributed by atoms with E-state index in [1.165, 1.54) is 29.0 Å². The van der Waals surface area contributed by atoms with Gasteiger partial charge in [-0.3, -0.25) is 4.90 Å². The van der Waals surface area contributed by atoms with E-state index in [1.807, 2.05) is 24.3 Å². The molecule has 1 aliphatic heterocycles. The molecule has 0 N–H and O–H groups in total. The smallest absolute Gasteiger partial charge is 0.150 e. The summed E-state index contributed by atoms with van der Waals surface area (Å²) < 4.78 is 6.68. The summed E-state index contributed by atoms with van der Waals surface area (Å²) in [6.07, 6.45) is 3.69. The number of nitrogens with zero attached hydrogens (tertiary/aromatic N) is 3. The molecule has 4 nitrogen and oxygen atoms in total. The van der Waals surface area contributed by atoms with Crippen LogP contribution in [0.15, 0.2) is 34.9 Å². The summed E-state index contributed by atoms with van der Waals surface area (Å²) in [4.78, 5) is 7.35. The van der Waals surface area contributed by atoms with Crippen molar-refractivity contribution in [3.63, 3.8) is 0 Å². The molecule has 0 amide bonds. The van der Waals surface area contributed by atoms with Crippen molar-refractivity contribution in [1.29, 1.82) is 0 Å². The Bertz CT molecular complexity index is 746. The summed E-state index contributed by atoms with van der Waals surface area (Å²) >= 11 is 1.82. The number of aromatic nitrogens is 2. The van der Waals surface area contributed by atoms with Gasteiger partial charge in [0.25, 0.3) is 0 Å². The molecule has 1 atom stereocenters. The molecule has 114 valence electrons. The van der Waals surface area contributed by atoms with Gasteiger partial charge in [-0.05, 0) is 38.4 Å². The Morgan fingerprint density at radius 2 is 2.23 bits per heavy atom. The zero-order valence-electron chi connectivity index (χ0n) is 12.7. The summed E-state index contributed by atoms with van der Waals surface area (Å²) in [6.45, 7) is 3.88. The first-order valence-electron chi connectivity index (χ1n) is 7.81. The van der Waals surface area contributed by atoms with Gasteiger partial charge in [-0.1, -0.05) is 23.7 Å². The highest BCUT2D eigenvalue weighted by molar-refractivity contribution is 7.18. The van der Waals surface area contributed by atoms with E-state index in [1.54, 1.807) is 0 Å². The van der Waals surface area contributed by atoms with Gasteiger partial charge in [0.1, 0.15) is 5.01 Å². The fourth-order valence-electron chi connectivity index (χ4n) is 3.18. The van der Waals surface area contributed by atoms with Gasteiger partial charge in [-0.15, -0.1) is 11.3 Å². The lowest BCUT2D eigenvalue weighted by Gasteiger charge is -2.33. The maximum absolute atomic E-state index is 5.40. The maximum atomic E-state index is 5.40. The van der Waals surface area contributed by atoms with Crippen molar-refractivity contribution >= 4 is 21.6 Å². The molecule has 3 aromatic rings. The molecule has 0 unspecified atom stereocenters. The number of hydrogen-bond acceptors (Lipinski definition) is 5. The van der Waals surface area contributed by atoms with Crippen LogP contribution in [0.3, 0.4) is 0 Å². The normalized spacial score (nSPS) is 19.8. The fourth-order valence-corrected chi connectivity index (χ4v) is 4.32. The molecule has 0 bridgehead atoms. The average molecular weight is 313 g/mol. The zero-order valence-corrected chi connectivity index (χ0v) is 13.5. The number of aryl methyl sites for hydroxylation is 1. The van der Waals surface area contributed by atoms with Crippen molar-refractivity contribution < 1.29 is 4.52 Å². The number of piperidine rings is 1. The fraction of sp³-hybridized carbons (Fsp3) is 0.412. The average Bonchev–Trinajstić information content (AvgIpc) is 3.14. The lowest BCUT2D eigenvalue weighted by molar-refractivity contribution is 0.126. The van der Waals surface area contributed by atoms with Gasteiger partial charge in [0.15, 0.2) is 5.76 Å². The topological polar surface area (TPSA) is 42.2 Å². The third kappa shape index (κ3) is 2.66. The van der Waals surface area contributed by atoms with E-state index in [4.69, 9.17) is 9.51 Å². The van der Waals surface area contributed by atoms with Crippen molar-refractivity contribution in [3.05, 3.63) is 46.8 Å². The zero-order chi connectivity index (χ0) is 14.9. The van der Waals surface area contributed by atoms with Gasteiger partial charge in [-0.25, -0.2) is 4.98 Å². The SMILES string of the molecule is Cc1cc(CN2CCCC[C@H]2c2nc3ccccc3s2)on1. The first kappa shape index (κ1) is 13.9. The predicted octanol–water partition coefficient (Wildman–Crippen LogP) is 4.32. The minimum atomic E-state index is 0.400. The Kier molecular flexibility index (Phi) is 3.68. The molecule has 3 heterocycles. The molecule has 1 aliphatic rings. The van der Waals surface area contributed by atoms with Crippen molar-refractivity contribution in [1.82, 2.24) is 15.0 Å². The summed E-state index contributed by atoms with van der Waals surface area (Å²) in [5.41, 5.74) is 2.06. The Morgan fingerprint density at radius 1 is 1.32 bits per heavy atom. The van der Waals surface area contributed by atoms with Crippen LogP contribution in [0.2, 0.25) is 0 Å². The van der Waals surface area contributed by atoms with E-state index in [-0.39, 0.29) is 0 Å². The van der Waals surface area contributed by atoms with Crippen LogP contribution in [0.5, 0.6) is 0 Å². The van der Waals surface area contributed by atoms with Crippen LogP contribution in [-0.2, 0) is 6.54 Å². The number of para-hydroxylation sites is 1. The molecule has 0 spiro atoms. The molecule has 0 radical (unpaired) electrons. The van der Waals surface area contributed by atoms with Crippen LogP contribution < -0.4 is 0 Å². The van der Waals surface area contributed by atoms with E-state index in [2.05, 4.69) is 34.3 Å². The van der Waals surface area contributed by atoms with Crippen LogP contribution in [0.1, 0.15) is 41.8 Å². The maximum Gasteiger partial charge on any atom is 0.150 e. The molecule has 5 heteroatoms. The molecule has 1 saturated heterocycles. The van der Waals surface area contributed by atoms with Crippen molar-refractivity contribution in [2.24, 2.45) is 0 Å². The van der Waals surface area contributed by atoms with E-state index in [9.17, 15) is 0 Å². The first-order valence-corrected chi connectivity index (χ1v) is 8.63. The Morgan fingerprint density at radius 3 is 3.05 bits per heavy atom. The summed E-state index contributed by atoms with van der Waals surface area (Å²) in [6, 6.07) is 10.8. The number of likely N-dealkylation sites (tertiary alicyclic amines) is 1. The molecule has 4 rings (SSSR count). The highest BCUT2D eigenvalue weighted by Gasteiger charge is 2.27. The van der Waals surface area contributed by atoms with Gasteiger partial charge in [0.2, 0.25) is 0 Å². The van der Waals surface area contributed by atoms with E-state index in [0.717, 1.165) is 30.1 Å². The largest absolute Gasteiger partial charge is 0.360 e. The van der Waals surface area contributed by atoms with E-state index in [0.29, 0.717) is 6.04 Å². The van der Waals surface area contributed by atoms with Crippen LogP contribution in [-0.4, -0.2) is 21.6 Å². The van der Waals surface area contributed by atoms with Crippen molar-refractivity contribution in [2.75, 3.05) is 6.54 Å². The second kappa shape index (κ2) is 5.82. The molecule has 0 aliphatic carbocycles. The lowest BCUT2D eigenvalue weighted by atomic mass is 10.0. The summed E-state index contributed by atoms with van der Waals surface area (Å²) in [5.74, 6) is 0.950. The van der Waals surface area contributed by atoms with Crippen LogP contribution >= 0.6 is 11.3 Å². The quantitative estimate of drug-likeness (QED) is 0.722. The van der Waals surface area contributed by atoms with Gasteiger partial charge in [0.05, 0.1) is 28.5 Å². The van der Waals surface area contributed by atoms with Crippen molar-refractivity contribution in [3.8, 4) is 0 Å². The van der Waals surface area contributed by atoms with Crippen molar-refractivity contribution in [2.45, 2.75) is 38.8 Å². The molecule has 22 heavy (non-hydrogen) atoms. The second-order valence-corrected chi connectivity index (χ2v) is 7.00. The number of hydrogen-bond donors (Lipinski definition) is 0. The third-order valence-corrected chi connectivity index (χ3v) is 5.38. The Labute approximate surface area is 133 Å². The number of thiazole rings is 1. The molecular formula is C17H19N3OS. The molecule has 2 aromatic heterocycles. The number of rotatable bonds is 3. The van der Waals surface area contributed by atoms with Crippen LogP contribution in [0.25, 0.3) is 10.2 Å². The van der Waals surface area contributed by atoms with Gasteiger partial charge >= 0.3 is 0 Å². The van der Waals surface area contributed by atoms with Crippen LogP contribution in [0.4, 0.5) is 0 Å². The first-order chi connectivity index (χ1) is 10.8. The van der Waals surface area contributed by atoms with E-state index < -0.39 is 0 Å². The Hall–Kier alpha value is -1.72.